The number of hydrogen-bond acceptors (Lipinski definition) is 3. The molecular weight excluding hydrogens is 284 g/mol. The summed E-state index contributed by atoms with van der Waals surface area (Å²) in [5.74, 6) is -1.08. The van der Waals surface area contributed by atoms with Gasteiger partial charge in [-0.05, 0) is 31.0 Å². The molecule has 20 heavy (non-hydrogen) atoms. The number of aliphatic hydroxyl groups excluding tert-OH is 1. The Morgan fingerprint density at radius 2 is 2.10 bits per heavy atom. The molecule has 0 aromatic heterocycles. The van der Waals surface area contributed by atoms with E-state index in [2.05, 4.69) is 5.32 Å². The summed E-state index contributed by atoms with van der Waals surface area (Å²) in [5.41, 5.74) is 0.410. The number of carbonyl (C=O) groups excluding carboxylic acids is 1. The van der Waals surface area contributed by atoms with Crippen LogP contribution in [0.25, 0.3) is 0 Å². The fourth-order valence-corrected chi connectivity index (χ4v) is 2.11. The molecule has 1 aromatic carbocycles. The Kier molecular flexibility index (Phi) is 4.46. The lowest BCUT2D eigenvalue weighted by molar-refractivity contribution is 0.0697. The highest BCUT2D eigenvalue weighted by molar-refractivity contribution is 6.34. The molecule has 1 aromatic rings. The van der Waals surface area contributed by atoms with Gasteiger partial charge in [-0.25, -0.2) is 9.59 Å². The van der Waals surface area contributed by atoms with Crippen molar-refractivity contribution in [3.05, 3.63) is 28.8 Å². The maximum Gasteiger partial charge on any atom is 0.335 e. The van der Waals surface area contributed by atoms with Crippen LogP contribution in [0.15, 0.2) is 18.2 Å². The van der Waals surface area contributed by atoms with Gasteiger partial charge >= 0.3 is 12.0 Å². The van der Waals surface area contributed by atoms with Crippen molar-refractivity contribution in [3.63, 3.8) is 0 Å². The summed E-state index contributed by atoms with van der Waals surface area (Å²) in [7, 11) is 0. The molecular formula is C13H15ClN2O4. The van der Waals surface area contributed by atoms with Gasteiger partial charge in [-0.2, -0.15) is 0 Å². The number of carboxylic acid groups (broad SMARTS) is 1. The Bertz CT molecular complexity index is 531. The standard InChI is InChI=1S/C13H15ClN2O4/c14-10-7-8(12(18)19)1-4-11(10)15-13(20)16(5-6-17)9-2-3-9/h1,4,7,9,17H,2-3,5-6H2,(H,15,20)(H,18,19). The number of amides is 2. The number of halogens is 1. The van der Waals surface area contributed by atoms with Crippen molar-refractivity contribution in [3.8, 4) is 0 Å². The normalized spacial score (nSPS) is 13.9. The van der Waals surface area contributed by atoms with E-state index in [0.29, 0.717) is 5.69 Å². The molecule has 0 aliphatic heterocycles. The molecule has 2 amide bonds. The summed E-state index contributed by atoms with van der Waals surface area (Å²) in [6, 6.07) is 3.93. The van der Waals surface area contributed by atoms with Gasteiger partial charge in [0.05, 0.1) is 22.9 Å². The van der Waals surface area contributed by atoms with E-state index < -0.39 is 5.97 Å². The van der Waals surface area contributed by atoms with E-state index in [4.69, 9.17) is 21.8 Å². The lowest BCUT2D eigenvalue weighted by atomic mass is 10.2. The van der Waals surface area contributed by atoms with Gasteiger partial charge in [-0.15, -0.1) is 0 Å². The van der Waals surface area contributed by atoms with Crippen molar-refractivity contribution in [1.29, 1.82) is 0 Å². The topological polar surface area (TPSA) is 89.9 Å². The number of anilines is 1. The summed E-state index contributed by atoms with van der Waals surface area (Å²) in [4.78, 5) is 24.4. The number of urea groups is 1. The Morgan fingerprint density at radius 3 is 2.60 bits per heavy atom. The Labute approximate surface area is 121 Å². The van der Waals surface area contributed by atoms with Crippen LogP contribution >= 0.6 is 11.6 Å². The predicted molar refractivity (Wildman–Crippen MR) is 74.2 cm³/mol. The van der Waals surface area contributed by atoms with Crippen molar-refractivity contribution >= 4 is 29.3 Å². The summed E-state index contributed by atoms with van der Waals surface area (Å²) in [6.45, 7) is 0.164. The third-order valence-corrected chi connectivity index (χ3v) is 3.36. The second-order valence-corrected chi connectivity index (χ2v) is 4.99. The molecule has 7 heteroatoms. The maximum absolute atomic E-state index is 12.1. The number of benzene rings is 1. The molecule has 108 valence electrons. The van der Waals surface area contributed by atoms with E-state index in [1.165, 1.54) is 18.2 Å². The highest BCUT2D eigenvalue weighted by Crippen LogP contribution is 2.28. The second kappa shape index (κ2) is 6.11. The maximum atomic E-state index is 12.1. The number of nitrogens with zero attached hydrogens (tertiary/aromatic N) is 1. The third kappa shape index (κ3) is 3.40. The Morgan fingerprint density at radius 1 is 1.40 bits per heavy atom. The fraction of sp³-hybridized carbons (Fsp3) is 0.385. The largest absolute Gasteiger partial charge is 0.478 e. The zero-order valence-corrected chi connectivity index (χ0v) is 11.4. The first kappa shape index (κ1) is 14.6. The second-order valence-electron chi connectivity index (χ2n) is 4.58. The number of carboxylic acids is 1. The molecule has 1 fully saturated rings. The van der Waals surface area contributed by atoms with Crippen LogP contribution in [0.5, 0.6) is 0 Å². The van der Waals surface area contributed by atoms with Gasteiger partial charge in [0, 0.05) is 12.6 Å². The van der Waals surface area contributed by atoms with Crippen LogP contribution in [0.3, 0.4) is 0 Å². The molecule has 0 atom stereocenters. The SMILES string of the molecule is O=C(O)c1ccc(NC(=O)N(CCO)C2CC2)c(Cl)c1. The third-order valence-electron chi connectivity index (χ3n) is 3.05. The molecule has 0 saturated heterocycles. The van der Waals surface area contributed by atoms with Gasteiger partial charge in [0.15, 0.2) is 0 Å². The minimum Gasteiger partial charge on any atom is -0.478 e. The minimum absolute atomic E-state index is 0.0578. The minimum atomic E-state index is -1.08. The van der Waals surface area contributed by atoms with Gasteiger partial charge in [-0.1, -0.05) is 11.6 Å². The van der Waals surface area contributed by atoms with Crippen LogP contribution in [0, 0.1) is 0 Å². The smallest absolute Gasteiger partial charge is 0.335 e. The van der Waals surface area contributed by atoms with Gasteiger partial charge in [0.25, 0.3) is 0 Å². The molecule has 0 unspecified atom stereocenters. The van der Waals surface area contributed by atoms with Crippen molar-refractivity contribution < 1.29 is 19.8 Å². The molecule has 1 aliphatic rings. The van der Waals surface area contributed by atoms with E-state index >= 15 is 0 Å². The molecule has 3 N–H and O–H groups in total. The number of aromatic carboxylic acids is 1. The molecule has 1 saturated carbocycles. The highest BCUT2D eigenvalue weighted by atomic mass is 35.5. The van der Waals surface area contributed by atoms with Crippen LogP contribution < -0.4 is 5.32 Å². The van der Waals surface area contributed by atoms with Gasteiger partial charge < -0.3 is 20.4 Å². The van der Waals surface area contributed by atoms with Crippen LogP contribution in [0.2, 0.25) is 5.02 Å². The number of hydrogen-bond donors (Lipinski definition) is 3. The van der Waals surface area contributed by atoms with Crippen molar-refractivity contribution in [2.24, 2.45) is 0 Å². The summed E-state index contributed by atoms with van der Waals surface area (Å²) < 4.78 is 0. The van der Waals surface area contributed by atoms with Crippen LogP contribution in [-0.4, -0.2) is 46.3 Å². The Balaban J connectivity index is 2.08. The van der Waals surface area contributed by atoms with Gasteiger partial charge in [0.2, 0.25) is 0 Å². The summed E-state index contributed by atoms with van der Waals surface area (Å²) >= 11 is 5.95. The van der Waals surface area contributed by atoms with Crippen LogP contribution in [0.4, 0.5) is 10.5 Å². The summed E-state index contributed by atoms with van der Waals surface area (Å²) in [6.07, 6.45) is 1.86. The quantitative estimate of drug-likeness (QED) is 0.776. The average Bonchev–Trinajstić information content (AvgIpc) is 3.22. The average molecular weight is 299 g/mol. The van der Waals surface area contributed by atoms with Crippen molar-refractivity contribution in [2.45, 2.75) is 18.9 Å². The fourth-order valence-electron chi connectivity index (χ4n) is 1.88. The highest BCUT2D eigenvalue weighted by Gasteiger charge is 2.32. The lowest BCUT2D eigenvalue weighted by Crippen LogP contribution is -2.38. The van der Waals surface area contributed by atoms with Crippen LogP contribution in [-0.2, 0) is 0 Å². The lowest BCUT2D eigenvalue weighted by Gasteiger charge is -2.22. The summed E-state index contributed by atoms with van der Waals surface area (Å²) in [5, 5.41) is 20.6. The van der Waals surface area contributed by atoms with E-state index in [1.54, 1.807) is 4.90 Å². The van der Waals surface area contributed by atoms with Crippen LogP contribution in [0.1, 0.15) is 23.2 Å². The molecule has 0 spiro atoms. The molecule has 2 rings (SSSR count). The van der Waals surface area contributed by atoms with E-state index in [1.807, 2.05) is 0 Å². The zero-order valence-electron chi connectivity index (χ0n) is 10.7. The van der Waals surface area contributed by atoms with Crippen molar-refractivity contribution in [1.82, 2.24) is 4.90 Å². The number of aliphatic hydroxyl groups is 1. The van der Waals surface area contributed by atoms with E-state index in [9.17, 15) is 9.59 Å². The monoisotopic (exact) mass is 298 g/mol. The first-order valence-corrected chi connectivity index (χ1v) is 6.62. The first-order chi connectivity index (χ1) is 9.52. The number of nitrogens with one attached hydrogen (secondary N) is 1. The van der Waals surface area contributed by atoms with E-state index in [0.717, 1.165) is 12.8 Å². The van der Waals surface area contributed by atoms with Crippen molar-refractivity contribution in [2.75, 3.05) is 18.5 Å². The molecule has 0 radical (unpaired) electrons. The Hall–Kier alpha value is -1.79. The zero-order chi connectivity index (χ0) is 14.7. The molecule has 6 nitrogen and oxygen atoms in total. The molecule has 0 bridgehead atoms. The number of rotatable bonds is 5. The predicted octanol–water partition coefficient (Wildman–Crippen LogP) is 2.03. The van der Waals surface area contributed by atoms with E-state index in [-0.39, 0.29) is 35.8 Å². The van der Waals surface area contributed by atoms with Gasteiger partial charge in [-0.3, -0.25) is 0 Å². The first-order valence-electron chi connectivity index (χ1n) is 6.24. The molecule has 0 heterocycles. The molecule has 1 aliphatic carbocycles. The number of carbonyl (C=O) groups is 2. The van der Waals surface area contributed by atoms with Gasteiger partial charge in [0.1, 0.15) is 0 Å².